The lowest BCUT2D eigenvalue weighted by Crippen LogP contribution is -2.46. The molecule has 4 nitrogen and oxygen atoms in total. The van der Waals surface area contributed by atoms with Crippen molar-refractivity contribution in [1.29, 1.82) is 0 Å². The van der Waals surface area contributed by atoms with Crippen molar-refractivity contribution >= 4 is 6.03 Å². The summed E-state index contributed by atoms with van der Waals surface area (Å²) in [6.07, 6.45) is 0.995. The van der Waals surface area contributed by atoms with Crippen molar-refractivity contribution < 1.29 is 9.90 Å². The van der Waals surface area contributed by atoms with Crippen molar-refractivity contribution in [3.8, 4) is 0 Å². The van der Waals surface area contributed by atoms with Gasteiger partial charge in [0, 0.05) is 20.1 Å². The zero-order valence-corrected chi connectivity index (χ0v) is 9.23. The Hall–Kier alpha value is -0.770. The zero-order chi connectivity index (χ0) is 10.7. The molecule has 0 aliphatic carbocycles. The number of amides is 2. The van der Waals surface area contributed by atoms with Crippen LogP contribution in [0, 0.1) is 5.92 Å². The fourth-order valence-corrected chi connectivity index (χ4v) is 1.88. The molecule has 1 rings (SSSR count). The minimum Gasteiger partial charge on any atom is -0.394 e. The van der Waals surface area contributed by atoms with Crippen LogP contribution in [0.1, 0.15) is 20.3 Å². The highest BCUT2D eigenvalue weighted by atomic mass is 16.3. The average molecular weight is 200 g/mol. The summed E-state index contributed by atoms with van der Waals surface area (Å²) in [5, 5.41) is 9.20. The number of nitrogens with zero attached hydrogens (tertiary/aromatic N) is 2. The van der Waals surface area contributed by atoms with E-state index in [1.165, 1.54) is 0 Å². The molecule has 1 aliphatic rings. The van der Waals surface area contributed by atoms with Gasteiger partial charge in [-0.3, -0.25) is 0 Å². The van der Waals surface area contributed by atoms with Crippen molar-refractivity contribution in [2.45, 2.75) is 26.3 Å². The molecule has 2 amide bonds. The van der Waals surface area contributed by atoms with E-state index in [4.69, 9.17) is 0 Å². The maximum atomic E-state index is 11.8. The van der Waals surface area contributed by atoms with E-state index in [1.54, 1.807) is 16.8 Å². The topological polar surface area (TPSA) is 43.8 Å². The first-order valence-corrected chi connectivity index (χ1v) is 5.24. The monoisotopic (exact) mass is 200 g/mol. The maximum Gasteiger partial charge on any atom is 0.320 e. The molecule has 2 unspecified atom stereocenters. The maximum absolute atomic E-state index is 11.8. The Bertz CT molecular complexity index is 208. The van der Waals surface area contributed by atoms with Crippen LogP contribution < -0.4 is 0 Å². The number of likely N-dealkylation sites (tertiary alicyclic amines) is 1. The van der Waals surface area contributed by atoms with Gasteiger partial charge in [-0.05, 0) is 19.3 Å². The van der Waals surface area contributed by atoms with Crippen LogP contribution in [0.25, 0.3) is 0 Å². The first-order valence-electron chi connectivity index (χ1n) is 5.24. The predicted octanol–water partition coefficient (Wildman–Crippen LogP) is 0.761. The lowest BCUT2D eigenvalue weighted by atomic mass is 10.0. The van der Waals surface area contributed by atoms with Gasteiger partial charge < -0.3 is 14.9 Å². The van der Waals surface area contributed by atoms with Gasteiger partial charge in [0.15, 0.2) is 0 Å². The van der Waals surface area contributed by atoms with E-state index in [0.29, 0.717) is 12.5 Å². The van der Waals surface area contributed by atoms with Crippen LogP contribution in [-0.2, 0) is 0 Å². The number of aliphatic hydroxyl groups excluding tert-OH is 1. The second kappa shape index (κ2) is 4.64. The molecule has 1 fully saturated rings. The number of hydrogen-bond acceptors (Lipinski definition) is 2. The molecule has 0 bridgehead atoms. The number of carbonyl (C=O) groups is 1. The van der Waals surface area contributed by atoms with Crippen molar-refractivity contribution in [2.75, 3.05) is 26.7 Å². The molecule has 0 aromatic heterocycles. The predicted molar refractivity (Wildman–Crippen MR) is 55.1 cm³/mol. The van der Waals surface area contributed by atoms with E-state index in [9.17, 15) is 9.90 Å². The van der Waals surface area contributed by atoms with E-state index >= 15 is 0 Å². The Labute approximate surface area is 85.5 Å². The SMILES string of the molecule is CCN(C)C(=O)N1CCC(C)C1CO. The van der Waals surface area contributed by atoms with E-state index in [-0.39, 0.29) is 18.7 Å². The molecule has 0 spiro atoms. The fourth-order valence-electron chi connectivity index (χ4n) is 1.88. The number of hydrogen-bond donors (Lipinski definition) is 1. The minimum atomic E-state index is 0.0106. The molecular formula is C10H20N2O2. The largest absolute Gasteiger partial charge is 0.394 e. The normalized spacial score (nSPS) is 26.7. The van der Waals surface area contributed by atoms with Crippen molar-refractivity contribution in [1.82, 2.24) is 9.80 Å². The van der Waals surface area contributed by atoms with Crippen LogP contribution in [0.5, 0.6) is 0 Å². The van der Waals surface area contributed by atoms with Crippen LogP contribution in [0.4, 0.5) is 4.79 Å². The Morgan fingerprint density at radius 2 is 2.29 bits per heavy atom. The molecule has 0 saturated carbocycles. The van der Waals surface area contributed by atoms with Crippen LogP contribution in [0.15, 0.2) is 0 Å². The summed E-state index contributed by atoms with van der Waals surface area (Å²) < 4.78 is 0. The molecule has 82 valence electrons. The Balaban J connectivity index is 2.64. The highest BCUT2D eigenvalue weighted by Crippen LogP contribution is 2.24. The van der Waals surface area contributed by atoms with Crippen LogP contribution in [0.2, 0.25) is 0 Å². The van der Waals surface area contributed by atoms with Gasteiger partial charge in [0.2, 0.25) is 0 Å². The highest BCUT2D eigenvalue weighted by Gasteiger charge is 2.34. The van der Waals surface area contributed by atoms with Crippen LogP contribution in [0.3, 0.4) is 0 Å². The average Bonchev–Trinajstić information content (AvgIpc) is 2.57. The first kappa shape index (κ1) is 11.3. The van der Waals surface area contributed by atoms with E-state index in [0.717, 1.165) is 13.0 Å². The molecule has 14 heavy (non-hydrogen) atoms. The summed E-state index contributed by atoms with van der Waals surface area (Å²) in [4.78, 5) is 15.3. The molecule has 1 N–H and O–H groups in total. The summed E-state index contributed by atoms with van der Waals surface area (Å²) in [6, 6.07) is 0.0485. The summed E-state index contributed by atoms with van der Waals surface area (Å²) in [5.74, 6) is 0.411. The van der Waals surface area contributed by atoms with Gasteiger partial charge in [0.05, 0.1) is 12.6 Å². The van der Waals surface area contributed by atoms with E-state index in [2.05, 4.69) is 6.92 Å². The smallest absolute Gasteiger partial charge is 0.320 e. The number of carbonyl (C=O) groups excluding carboxylic acids is 1. The molecule has 0 radical (unpaired) electrons. The molecular weight excluding hydrogens is 180 g/mol. The number of aliphatic hydroxyl groups is 1. The van der Waals surface area contributed by atoms with Crippen molar-refractivity contribution in [3.63, 3.8) is 0 Å². The lowest BCUT2D eigenvalue weighted by Gasteiger charge is -2.29. The Morgan fingerprint density at radius 1 is 1.64 bits per heavy atom. The molecule has 0 aromatic rings. The second-order valence-corrected chi connectivity index (χ2v) is 4.01. The van der Waals surface area contributed by atoms with Crippen LogP contribution >= 0.6 is 0 Å². The Morgan fingerprint density at radius 3 is 2.79 bits per heavy atom. The van der Waals surface area contributed by atoms with Gasteiger partial charge in [-0.25, -0.2) is 4.79 Å². The van der Waals surface area contributed by atoms with E-state index in [1.807, 2.05) is 6.92 Å². The van der Waals surface area contributed by atoms with Crippen LogP contribution in [-0.4, -0.2) is 53.7 Å². The first-order chi connectivity index (χ1) is 6.61. The highest BCUT2D eigenvalue weighted by molar-refractivity contribution is 5.74. The zero-order valence-electron chi connectivity index (χ0n) is 9.23. The standard InChI is InChI=1S/C10H20N2O2/c1-4-11(3)10(14)12-6-5-8(2)9(12)7-13/h8-9,13H,4-7H2,1-3H3. The van der Waals surface area contributed by atoms with Gasteiger partial charge in [-0.15, -0.1) is 0 Å². The van der Waals surface area contributed by atoms with Gasteiger partial charge >= 0.3 is 6.03 Å². The molecule has 2 atom stereocenters. The summed E-state index contributed by atoms with van der Waals surface area (Å²) in [5.41, 5.74) is 0. The summed E-state index contributed by atoms with van der Waals surface area (Å²) in [6.45, 7) is 5.59. The molecule has 1 aliphatic heterocycles. The third-order valence-electron chi connectivity index (χ3n) is 3.12. The van der Waals surface area contributed by atoms with Gasteiger partial charge in [0.1, 0.15) is 0 Å². The van der Waals surface area contributed by atoms with Gasteiger partial charge in [-0.2, -0.15) is 0 Å². The summed E-state index contributed by atoms with van der Waals surface area (Å²) in [7, 11) is 1.79. The van der Waals surface area contributed by atoms with Gasteiger partial charge in [-0.1, -0.05) is 6.92 Å². The van der Waals surface area contributed by atoms with Crippen molar-refractivity contribution in [2.24, 2.45) is 5.92 Å². The number of rotatable bonds is 2. The molecule has 1 heterocycles. The minimum absolute atomic E-state index is 0.0106. The third-order valence-corrected chi connectivity index (χ3v) is 3.12. The fraction of sp³-hybridized carbons (Fsp3) is 0.900. The van der Waals surface area contributed by atoms with Gasteiger partial charge in [0.25, 0.3) is 0 Å². The van der Waals surface area contributed by atoms with E-state index < -0.39 is 0 Å². The Kier molecular flexibility index (Phi) is 3.75. The second-order valence-electron chi connectivity index (χ2n) is 4.01. The third kappa shape index (κ3) is 2.00. The molecule has 4 heteroatoms. The number of urea groups is 1. The lowest BCUT2D eigenvalue weighted by molar-refractivity contribution is 0.123. The summed E-state index contributed by atoms with van der Waals surface area (Å²) >= 11 is 0. The molecule has 0 aromatic carbocycles. The van der Waals surface area contributed by atoms with Crippen molar-refractivity contribution in [3.05, 3.63) is 0 Å². The quantitative estimate of drug-likeness (QED) is 0.715. The molecule has 1 saturated heterocycles.